The number of thiol groups is 1. The van der Waals surface area contributed by atoms with Gasteiger partial charge >= 0.3 is 12.0 Å². The van der Waals surface area contributed by atoms with Crippen molar-refractivity contribution in [2.24, 2.45) is 0 Å². The van der Waals surface area contributed by atoms with Gasteiger partial charge in [-0.15, -0.1) is 22.8 Å². The summed E-state index contributed by atoms with van der Waals surface area (Å²) in [4.78, 5) is 22.3. The van der Waals surface area contributed by atoms with E-state index in [0.29, 0.717) is 15.0 Å². The number of anilines is 1. The van der Waals surface area contributed by atoms with Gasteiger partial charge in [0.1, 0.15) is 6.61 Å². The van der Waals surface area contributed by atoms with Crippen LogP contribution in [-0.4, -0.2) is 35.3 Å². The van der Waals surface area contributed by atoms with Gasteiger partial charge in [-0.3, -0.25) is 5.32 Å². The molecule has 0 aliphatic rings. The Kier molecular flexibility index (Phi) is 5.59. The van der Waals surface area contributed by atoms with Crippen molar-refractivity contribution < 1.29 is 14.3 Å². The van der Waals surface area contributed by atoms with Crippen LogP contribution in [0.25, 0.3) is 0 Å². The number of carbonyl (C=O) groups is 2. The summed E-state index contributed by atoms with van der Waals surface area (Å²) in [6.07, 6.45) is 0. The summed E-state index contributed by atoms with van der Waals surface area (Å²) in [6, 6.07) is -0.453. The average Bonchev–Trinajstić information content (AvgIpc) is 2.69. The molecule has 0 aliphatic heterocycles. The number of amides is 2. The molecule has 0 bridgehead atoms. The van der Waals surface area contributed by atoms with E-state index in [1.807, 2.05) is 0 Å². The normalized spacial score (nSPS) is 9.67. The fraction of sp³-hybridized carbons (Fsp3) is 0.333. The highest BCUT2D eigenvalue weighted by Gasteiger charge is 2.06. The van der Waals surface area contributed by atoms with Crippen molar-refractivity contribution in [3.63, 3.8) is 0 Å². The first-order chi connectivity index (χ1) is 8.49. The van der Waals surface area contributed by atoms with Gasteiger partial charge in [0.2, 0.25) is 5.13 Å². The Morgan fingerprint density at radius 2 is 2.22 bits per heavy atom. The highest BCUT2D eigenvalue weighted by Crippen LogP contribution is 2.17. The lowest BCUT2D eigenvalue weighted by Gasteiger charge is -2.06. The second-order valence-corrected chi connectivity index (χ2v) is 4.89. The first-order valence-corrected chi connectivity index (χ1v) is 6.15. The van der Waals surface area contributed by atoms with Crippen molar-refractivity contribution in [3.05, 3.63) is 12.2 Å². The van der Waals surface area contributed by atoms with Crippen LogP contribution < -0.4 is 10.6 Å². The monoisotopic (exact) mass is 288 g/mol. The lowest BCUT2D eigenvalue weighted by Crippen LogP contribution is -2.32. The molecule has 7 nitrogen and oxygen atoms in total. The molecule has 9 heteroatoms. The third kappa shape index (κ3) is 5.15. The van der Waals surface area contributed by atoms with Crippen molar-refractivity contribution in [1.82, 2.24) is 15.5 Å². The number of carbonyl (C=O) groups excluding carboxylic acids is 2. The number of esters is 1. The first-order valence-electron chi connectivity index (χ1n) is 4.89. The predicted molar refractivity (Wildman–Crippen MR) is 70.0 cm³/mol. The number of hydrogen-bond donors (Lipinski definition) is 3. The van der Waals surface area contributed by atoms with Gasteiger partial charge in [-0.05, 0) is 6.92 Å². The summed E-state index contributed by atoms with van der Waals surface area (Å²) in [5.74, 6) is -0.485. The standard InChI is InChI=1S/C9H12N4O3S2/c1-5(2)6(14)16-4-3-10-7(15)11-8-12-13-9(17)18-8/h1,3-4H2,2H3,(H,13,17)(H2,10,11,12,15). The topological polar surface area (TPSA) is 93.2 Å². The molecule has 0 radical (unpaired) electrons. The number of aromatic nitrogens is 2. The van der Waals surface area contributed by atoms with E-state index in [4.69, 9.17) is 4.74 Å². The van der Waals surface area contributed by atoms with Crippen LogP contribution >= 0.6 is 24.0 Å². The minimum Gasteiger partial charge on any atom is -0.460 e. The number of ether oxygens (including phenoxy) is 1. The molecule has 1 aromatic rings. The zero-order valence-corrected chi connectivity index (χ0v) is 11.3. The SMILES string of the molecule is C=C(C)C(=O)OCCNC(=O)Nc1nnc(S)s1. The minimum atomic E-state index is -0.485. The lowest BCUT2D eigenvalue weighted by molar-refractivity contribution is -0.138. The Hall–Kier alpha value is -1.61. The van der Waals surface area contributed by atoms with Crippen molar-refractivity contribution >= 4 is 41.1 Å². The largest absolute Gasteiger partial charge is 0.460 e. The summed E-state index contributed by atoms with van der Waals surface area (Å²) >= 11 is 5.10. The minimum absolute atomic E-state index is 0.0764. The van der Waals surface area contributed by atoms with Gasteiger partial charge in [0.25, 0.3) is 0 Å². The summed E-state index contributed by atoms with van der Waals surface area (Å²) in [6.45, 7) is 5.25. The van der Waals surface area contributed by atoms with Gasteiger partial charge in [-0.2, -0.15) is 0 Å². The number of urea groups is 1. The zero-order valence-electron chi connectivity index (χ0n) is 9.60. The van der Waals surface area contributed by atoms with Crippen LogP contribution in [0, 0.1) is 0 Å². The lowest BCUT2D eigenvalue weighted by atomic mass is 10.4. The van der Waals surface area contributed by atoms with Crippen molar-refractivity contribution in [1.29, 1.82) is 0 Å². The van der Waals surface area contributed by atoms with Crippen LogP contribution in [0.4, 0.5) is 9.93 Å². The Morgan fingerprint density at radius 3 is 2.78 bits per heavy atom. The second-order valence-electron chi connectivity index (χ2n) is 3.19. The van der Waals surface area contributed by atoms with E-state index >= 15 is 0 Å². The molecule has 0 saturated carbocycles. The van der Waals surface area contributed by atoms with Gasteiger partial charge in [-0.1, -0.05) is 17.9 Å². The summed E-state index contributed by atoms with van der Waals surface area (Å²) in [5.41, 5.74) is 0.314. The van der Waals surface area contributed by atoms with Crippen LogP contribution in [0.2, 0.25) is 0 Å². The molecule has 18 heavy (non-hydrogen) atoms. The van der Waals surface area contributed by atoms with E-state index in [0.717, 1.165) is 11.3 Å². The van der Waals surface area contributed by atoms with E-state index in [1.54, 1.807) is 6.92 Å². The number of nitrogens with zero attached hydrogens (tertiary/aromatic N) is 2. The van der Waals surface area contributed by atoms with Crippen LogP contribution in [-0.2, 0) is 9.53 Å². The maximum Gasteiger partial charge on any atom is 0.333 e. The molecule has 0 atom stereocenters. The molecular weight excluding hydrogens is 276 g/mol. The molecule has 0 aliphatic carbocycles. The Morgan fingerprint density at radius 1 is 1.50 bits per heavy atom. The van der Waals surface area contributed by atoms with Crippen LogP contribution in [0.5, 0.6) is 0 Å². The molecule has 0 fully saturated rings. The summed E-state index contributed by atoms with van der Waals surface area (Å²) < 4.78 is 5.25. The van der Waals surface area contributed by atoms with E-state index in [1.165, 1.54) is 0 Å². The van der Waals surface area contributed by atoms with E-state index in [-0.39, 0.29) is 13.2 Å². The van der Waals surface area contributed by atoms with Crippen LogP contribution in [0.3, 0.4) is 0 Å². The molecule has 1 heterocycles. The van der Waals surface area contributed by atoms with Gasteiger partial charge in [0.15, 0.2) is 4.34 Å². The fourth-order valence-electron chi connectivity index (χ4n) is 0.839. The van der Waals surface area contributed by atoms with Crippen molar-refractivity contribution in [2.45, 2.75) is 11.3 Å². The van der Waals surface area contributed by atoms with E-state index in [2.05, 4.69) is 40.0 Å². The van der Waals surface area contributed by atoms with E-state index < -0.39 is 12.0 Å². The van der Waals surface area contributed by atoms with Crippen LogP contribution in [0.15, 0.2) is 16.5 Å². The maximum atomic E-state index is 11.3. The Balaban J connectivity index is 2.18. The number of rotatable bonds is 5. The molecule has 1 aromatic heterocycles. The zero-order chi connectivity index (χ0) is 13.5. The fourth-order valence-corrected chi connectivity index (χ4v) is 1.62. The van der Waals surface area contributed by atoms with E-state index in [9.17, 15) is 9.59 Å². The highest BCUT2D eigenvalue weighted by molar-refractivity contribution is 7.82. The first kappa shape index (κ1) is 14.5. The number of nitrogens with one attached hydrogen (secondary N) is 2. The molecule has 1 rings (SSSR count). The molecule has 0 aromatic carbocycles. The molecular formula is C9H12N4O3S2. The molecule has 2 amide bonds. The molecule has 2 N–H and O–H groups in total. The second kappa shape index (κ2) is 6.97. The van der Waals surface area contributed by atoms with Crippen LogP contribution in [0.1, 0.15) is 6.92 Å². The molecule has 0 unspecified atom stereocenters. The molecule has 0 spiro atoms. The summed E-state index contributed by atoms with van der Waals surface area (Å²) in [7, 11) is 0. The number of hydrogen-bond acceptors (Lipinski definition) is 7. The Bertz CT molecular complexity index is 460. The van der Waals surface area contributed by atoms with Crippen molar-refractivity contribution in [2.75, 3.05) is 18.5 Å². The third-order valence-electron chi connectivity index (χ3n) is 1.60. The van der Waals surface area contributed by atoms with Gasteiger partial charge < -0.3 is 10.1 Å². The smallest absolute Gasteiger partial charge is 0.333 e. The molecule has 0 saturated heterocycles. The van der Waals surface area contributed by atoms with Crippen molar-refractivity contribution in [3.8, 4) is 0 Å². The third-order valence-corrected chi connectivity index (χ3v) is 2.61. The maximum absolute atomic E-state index is 11.3. The quantitative estimate of drug-likeness (QED) is 0.248. The summed E-state index contributed by atoms with van der Waals surface area (Å²) in [5, 5.41) is 12.6. The van der Waals surface area contributed by atoms with Gasteiger partial charge in [-0.25, -0.2) is 9.59 Å². The highest BCUT2D eigenvalue weighted by atomic mass is 32.2. The van der Waals surface area contributed by atoms with Gasteiger partial charge in [0.05, 0.1) is 6.54 Å². The average molecular weight is 288 g/mol. The molecule has 98 valence electrons. The van der Waals surface area contributed by atoms with Gasteiger partial charge in [0, 0.05) is 5.57 Å². The predicted octanol–water partition coefficient (Wildman–Crippen LogP) is 1.07. The Labute approximate surface area is 113 Å².